The minimum absolute atomic E-state index is 0.00398. The van der Waals surface area contributed by atoms with Gasteiger partial charge in [-0.25, -0.2) is 0 Å². The Bertz CT molecular complexity index is 1250. The Balaban J connectivity index is 1.24. The number of ether oxygens (including phenoxy) is 2. The van der Waals surface area contributed by atoms with Gasteiger partial charge in [0.05, 0.1) is 19.9 Å². The van der Waals surface area contributed by atoms with Crippen LogP contribution in [0.25, 0.3) is 11.3 Å². The number of carbonyl (C=O) groups is 1. The topological polar surface area (TPSA) is 71.9 Å². The predicted molar refractivity (Wildman–Crippen MR) is 146 cm³/mol. The van der Waals surface area contributed by atoms with E-state index in [9.17, 15) is 4.79 Å². The summed E-state index contributed by atoms with van der Waals surface area (Å²) in [5.41, 5.74) is 5.02. The van der Waals surface area contributed by atoms with Crippen molar-refractivity contribution in [1.29, 1.82) is 0 Å². The van der Waals surface area contributed by atoms with E-state index in [0.717, 1.165) is 36.5 Å². The molecular weight excluding hydrogens is 466 g/mol. The van der Waals surface area contributed by atoms with E-state index in [-0.39, 0.29) is 5.91 Å². The second-order valence-electron chi connectivity index (χ2n) is 10.3. The molecule has 1 aromatic heterocycles. The second-order valence-corrected chi connectivity index (χ2v) is 10.3. The molecule has 1 unspecified atom stereocenters. The van der Waals surface area contributed by atoms with Gasteiger partial charge in [0.25, 0.3) is 5.91 Å². The number of nitrogens with zero attached hydrogens (tertiary/aromatic N) is 4. The number of benzene rings is 2. The number of piperidine rings is 3. The molecule has 3 aliphatic heterocycles. The minimum atomic E-state index is -0.00398. The number of carbonyl (C=O) groups excluding carboxylic acids is 1. The lowest BCUT2D eigenvalue weighted by Crippen LogP contribution is -2.56. The number of aryl methyl sites for hydroxylation is 1. The second kappa shape index (κ2) is 10.5. The van der Waals surface area contributed by atoms with Gasteiger partial charge in [0.1, 0.15) is 0 Å². The minimum Gasteiger partial charge on any atom is -0.493 e. The number of methoxy groups -OCH3 is 2. The maximum Gasteiger partial charge on any atom is 0.251 e. The summed E-state index contributed by atoms with van der Waals surface area (Å²) in [6.45, 7) is 2.76. The highest BCUT2D eigenvalue weighted by molar-refractivity contribution is 5.94. The molecular formula is C29H37N5O3. The van der Waals surface area contributed by atoms with E-state index >= 15 is 0 Å². The number of aromatic nitrogens is 2. The standard InChI is InChI=1S/C29H37N5O3/c1-32(2)22-9-6-19(7-10-22)29(35)30-17-23-14-20-12-13-34(23)18-24(20)26-16-25(31-33(26)3)21-8-11-27(36-4)28(15-21)37-5/h6-11,15-16,20,23-24H,12-14,17-18H2,1-5H3,(H,30,35)/t20-,23+,24-/m0/s1. The van der Waals surface area contributed by atoms with E-state index < -0.39 is 0 Å². The molecule has 3 fully saturated rings. The molecule has 196 valence electrons. The number of rotatable bonds is 8. The normalized spacial score (nSPS) is 22.5. The highest BCUT2D eigenvalue weighted by Gasteiger charge is 2.41. The zero-order valence-electron chi connectivity index (χ0n) is 22.4. The van der Waals surface area contributed by atoms with Crippen LogP contribution in [0.2, 0.25) is 0 Å². The van der Waals surface area contributed by atoms with Crippen LogP contribution in [0.1, 0.15) is 34.8 Å². The summed E-state index contributed by atoms with van der Waals surface area (Å²) >= 11 is 0. The molecule has 3 aliphatic rings. The van der Waals surface area contributed by atoms with Gasteiger partial charge in [0, 0.05) is 68.7 Å². The number of hydrogen-bond donors (Lipinski definition) is 1. The van der Waals surface area contributed by atoms with Crippen molar-refractivity contribution in [1.82, 2.24) is 20.0 Å². The molecule has 3 aromatic rings. The van der Waals surface area contributed by atoms with Crippen molar-refractivity contribution in [3.63, 3.8) is 0 Å². The third kappa shape index (κ3) is 5.03. The molecule has 37 heavy (non-hydrogen) atoms. The van der Waals surface area contributed by atoms with Crippen molar-refractivity contribution in [2.24, 2.45) is 13.0 Å². The molecule has 8 heteroatoms. The van der Waals surface area contributed by atoms with E-state index in [4.69, 9.17) is 14.6 Å². The summed E-state index contributed by atoms with van der Waals surface area (Å²) < 4.78 is 12.9. The molecule has 1 amide bonds. The fourth-order valence-electron chi connectivity index (χ4n) is 5.87. The molecule has 0 spiro atoms. The average molecular weight is 504 g/mol. The van der Waals surface area contributed by atoms with Crippen LogP contribution in [0.5, 0.6) is 11.5 Å². The van der Waals surface area contributed by atoms with Crippen molar-refractivity contribution in [3.05, 3.63) is 59.8 Å². The van der Waals surface area contributed by atoms with Gasteiger partial charge in [-0.3, -0.25) is 14.4 Å². The van der Waals surface area contributed by atoms with E-state index in [1.807, 2.05) is 73.2 Å². The maximum atomic E-state index is 12.8. The van der Waals surface area contributed by atoms with Crippen molar-refractivity contribution >= 4 is 11.6 Å². The molecule has 0 aliphatic carbocycles. The molecule has 2 bridgehead atoms. The highest BCUT2D eigenvalue weighted by atomic mass is 16.5. The summed E-state index contributed by atoms with van der Waals surface area (Å²) in [7, 11) is 9.33. The fraction of sp³-hybridized carbons (Fsp3) is 0.448. The largest absolute Gasteiger partial charge is 0.493 e. The van der Waals surface area contributed by atoms with Gasteiger partial charge in [0.15, 0.2) is 11.5 Å². The number of nitrogens with one attached hydrogen (secondary N) is 1. The molecule has 3 saturated heterocycles. The Kier molecular flexibility index (Phi) is 7.11. The molecule has 2 aromatic carbocycles. The van der Waals surface area contributed by atoms with Crippen LogP contribution in [0, 0.1) is 5.92 Å². The lowest BCUT2D eigenvalue weighted by molar-refractivity contribution is 0.0280. The summed E-state index contributed by atoms with van der Waals surface area (Å²) in [6.07, 6.45) is 2.26. The zero-order chi connectivity index (χ0) is 26.1. The Morgan fingerprint density at radius 2 is 1.84 bits per heavy atom. The van der Waals surface area contributed by atoms with Crippen LogP contribution >= 0.6 is 0 Å². The van der Waals surface area contributed by atoms with Gasteiger partial charge in [-0.2, -0.15) is 5.10 Å². The average Bonchev–Trinajstić information content (AvgIpc) is 3.32. The van der Waals surface area contributed by atoms with Gasteiger partial charge < -0.3 is 19.7 Å². The van der Waals surface area contributed by atoms with Gasteiger partial charge >= 0.3 is 0 Å². The molecule has 6 rings (SSSR count). The molecule has 1 N–H and O–H groups in total. The van der Waals surface area contributed by atoms with E-state index in [2.05, 4.69) is 16.3 Å². The van der Waals surface area contributed by atoms with Crippen molar-refractivity contribution < 1.29 is 14.3 Å². The van der Waals surface area contributed by atoms with E-state index in [1.54, 1.807) is 14.2 Å². The molecule has 8 nitrogen and oxygen atoms in total. The van der Waals surface area contributed by atoms with Crippen LogP contribution in [0.15, 0.2) is 48.5 Å². The summed E-state index contributed by atoms with van der Waals surface area (Å²) in [5, 5.41) is 8.02. The summed E-state index contributed by atoms with van der Waals surface area (Å²) in [5.74, 6) is 2.43. The van der Waals surface area contributed by atoms with Crippen LogP contribution in [0.4, 0.5) is 5.69 Å². The van der Waals surface area contributed by atoms with E-state index in [1.165, 1.54) is 12.1 Å². The van der Waals surface area contributed by atoms with Crippen molar-refractivity contribution in [2.75, 3.05) is 52.8 Å². The number of fused-ring (bicyclic) bond motifs is 3. The van der Waals surface area contributed by atoms with Gasteiger partial charge in [-0.15, -0.1) is 0 Å². The third-order valence-electron chi connectivity index (χ3n) is 8.00. The van der Waals surface area contributed by atoms with Crippen LogP contribution < -0.4 is 19.7 Å². The van der Waals surface area contributed by atoms with Crippen molar-refractivity contribution in [3.8, 4) is 22.8 Å². The van der Waals surface area contributed by atoms with Crippen molar-refractivity contribution in [2.45, 2.75) is 24.8 Å². The summed E-state index contributed by atoms with van der Waals surface area (Å²) in [4.78, 5) is 17.3. The molecule has 0 radical (unpaired) electrons. The van der Waals surface area contributed by atoms with Gasteiger partial charge in [-0.05, 0) is 73.8 Å². The number of amides is 1. The zero-order valence-corrected chi connectivity index (χ0v) is 22.4. The van der Waals surface area contributed by atoms with Gasteiger partial charge in [-0.1, -0.05) is 0 Å². The smallest absolute Gasteiger partial charge is 0.251 e. The quantitative estimate of drug-likeness (QED) is 0.505. The molecule has 4 heterocycles. The van der Waals surface area contributed by atoms with Crippen LogP contribution in [-0.4, -0.2) is 74.6 Å². The number of hydrogen-bond acceptors (Lipinski definition) is 6. The Morgan fingerprint density at radius 3 is 2.49 bits per heavy atom. The van der Waals surface area contributed by atoms with Crippen LogP contribution in [0.3, 0.4) is 0 Å². The first-order chi connectivity index (χ1) is 17.9. The summed E-state index contributed by atoms with van der Waals surface area (Å²) in [6, 6.07) is 16.3. The molecule has 0 saturated carbocycles. The Morgan fingerprint density at radius 1 is 1.08 bits per heavy atom. The first-order valence-electron chi connectivity index (χ1n) is 12.9. The first-order valence-corrected chi connectivity index (χ1v) is 12.9. The fourth-order valence-corrected chi connectivity index (χ4v) is 5.87. The van der Waals surface area contributed by atoms with Crippen LogP contribution in [-0.2, 0) is 7.05 Å². The lowest BCUT2D eigenvalue weighted by atomic mass is 9.74. The Hall–Kier alpha value is -3.52. The van der Waals surface area contributed by atoms with E-state index in [0.29, 0.717) is 41.5 Å². The molecule has 4 atom stereocenters. The lowest BCUT2D eigenvalue weighted by Gasteiger charge is -2.50. The maximum absolute atomic E-state index is 12.8. The Labute approximate surface area is 219 Å². The third-order valence-corrected chi connectivity index (χ3v) is 8.00. The monoisotopic (exact) mass is 503 g/mol. The highest BCUT2D eigenvalue weighted by Crippen LogP contribution is 2.42. The SMILES string of the molecule is COc1ccc(-c2cc([C@H]3CN4CC[C@H]3C[C@@H]4CNC(=O)c3ccc(N(C)C)cc3)n(C)n2)cc1OC. The first kappa shape index (κ1) is 25.1. The number of anilines is 1. The predicted octanol–water partition coefficient (Wildman–Crippen LogP) is 3.78. The van der Waals surface area contributed by atoms with Gasteiger partial charge in [0.2, 0.25) is 0 Å².